The lowest BCUT2D eigenvalue weighted by atomic mass is 10.3. The van der Waals surface area contributed by atoms with Crippen LogP contribution < -0.4 is 10.1 Å². The molecule has 4 nitrogen and oxygen atoms in total. The molecule has 19 heavy (non-hydrogen) atoms. The Hall–Kier alpha value is -0.680. The first-order chi connectivity index (χ1) is 8.93. The monoisotopic (exact) mass is 325 g/mol. The van der Waals surface area contributed by atoms with Crippen molar-refractivity contribution in [1.82, 2.24) is 5.32 Å². The van der Waals surface area contributed by atoms with E-state index in [0.29, 0.717) is 11.6 Å². The maximum Gasteiger partial charge on any atom is 0.259 e. The van der Waals surface area contributed by atoms with Gasteiger partial charge in [0.15, 0.2) is 12.4 Å². The third kappa shape index (κ3) is 5.45. The van der Waals surface area contributed by atoms with E-state index in [4.69, 9.17) is 44.3 Å². The number of benzene rings is 1. The Kier molecular flexibility index (Phi) is 6.72. The van der Waals surface area contributed by atoms with E-state index in [2.05, 4.69) is 5.32 Å². The minimum Gasteiger partial charge on any atom is -0.481 e. The standard InChI is InChI=1S/C12H14Cl3NO3/c1-3-18-7(2)16-11(17)6-19-12-9(14)4-8(13)5-10(12)15/h4-5,7H,3,6H2,1-2H3,(H,16,17). The number of carbonyl (C=O) groups is 1. The molecule has 0 spiro atoms. The Bertz CT molecular complexity index is 431. The van der Waals surface area contributed by atoms with Crippen molar-refractivity contribution in [3.63, 3.8) is 0 Å². The maximum absolute atomic E-state index is 11.6. The quantitative estimate of drug-likeness (QED) is 0.814. The largest absolute Gasteiger partial charge is 0.481 e. The molecule has 1 atom stereocenters. The summed E-state index contributed by atoms with van der Waals surface area (Å²) in [5, 5.41) is 3.51. The molecule has 1 rings (SSSR count). The van der Waals surface area contributed by atoms with E-state index < -0.39 is 0 Å². The van der Waals surface area contributed by atoms with Crippen LogP contribution in [0.15, 0.2) is 12.1 Å². The lowest BCUT2D eigenvalue weighted by Crippen LogP contribution is -2.37. The fourth-order valence-corrected chi connectivity index (χ4v) is 2.29. The topological polar surface area (TPSA) is 47.6 Å². The van der Waals surface area contributed by atoms with E-state index in [1.165, 1.54) is 12.1 Å². The summed E-state index contributed by atoms with van der Waals surface area (Å²) < 4.78 is 10.4. The first kappa shape index (κ1) is 16.4. The number of rotatable bonds is 6. The number of hydrogen-bond donors (Lipinski definition) is 1. The fraction of sp³-hybridized carbons (Fsp3) is 0.417. The Balaban J connectivity index is 2.55. The van der Waals surface area contributed by atoms with Crippen LogP contribution >= 0.6 is 34.8 Å². The van der Waals surface area contributed by atoms with Crippen LogP contribution in [0.3, 0.4) is 0 Å². The Labute approximate surface area is 126 Å². The van der Waals surface area contributed by atoms with E-state index in [1.54, 1.807) is 6.92 Å². The fourth-order valence-electron chi connectivity index (χ4n) is 1.36. The zero-order valence-corrected chi connectivity index (χ0v) is 12.8. The van der Waals surface area contributed by atoms with Crippen LogP contribution in [-0.2, 0) is 9.53 Å². The van der Waals surface area contributed by atoms with Gasteiger partial charge in [0, 0.05) is 11.6 Å². The summed E-state index contributed by atoms with van der Waals surface area (Å²) in [5.41, 5.74) is 0. The highest BCUT2D eigenvalue weighted by Gasteiger charge is 2.12. The molecular weight excluding hydrogens is 312 g/mol. The molecule has 106 valence electrons. The molecule has 1 aromatic carbocycles. The van der Waals surface area contributed by atoms with Gasteiger partial charge in [0.25, 0.3) is 5.91 Å². The smallest absolute Gasteiger partial charge is 0.259 e. The number of carbonyl (C=O) groups excluding carboxylic acids is 1. The number of hydrogen-bond acceptors (Lipinski definition) is 3. The third-order valence-electron chi connectivity index (χ3n) is 2.09. The normalized spacial score (nSPS) is 12.1. The van der Waals surface area contributed by atoms with Crippen molar-refractivity contribution in [2.75, 3.05) is 13.2 Å². The van der Waals surface area contributed by atoms with Crippen LogP contribution in [0, 0.1) is 0 Å². The van der Waals surface area contributed by atoms with Crippen molar-refractivity contribution < 1.29 is 14.3 Å². The molecule has 0 saturated heterocycles. The summed E-state index contributed by atoms with van der Waals surface area (Å²) >= 11 is 17.6. The minimum atomic E-state index is -0.378. The summed E-state index contributed by atoms with van der Waals surface area (Å²) in [4.78, 5) is 11.6. The number of nitrogens with one attached hydrogen (secondary N) is 1. The average Bonchev–Trinajstić information content (AvgIpc) is 2.27. The molecule has 0 bridgehead atoms. The van der Waals surface area contributed by atoms with Gasteiger partial charge in [-0.3, -0.25) is 4.79 Å². The van der Waals surface area contributed by atoms with Gasteiger partial charge in [0.2, 0.25) is 0 Å². The van der Waals surface area contributed by atoms with Gasteiger partial charge in [0.1, 0.15) is 6.23 Å². The van der Waals surface area contributed by atoms with Crippen LogP contribution in [0.2, 0.25) is 15.1 Å². The molecule has 0 radical (unpaired) electrons. The van der Waals surface area contributed by atoms with E-state index in [1.807, 2.05) is 6.92 Å². The Morgan fingerprint density at radius 1 is 1.32 bits per heavy atom. The van der Waals surface area contributed by atoms with Gasteiger partial charge in [-0.05, 0) is 26.0 Å². The predicted octanol–water partition coefficient (Wildman–Crippen LogP) is 3.52. The molecule has 0 aliphatic carbocycles. The van der Waals surface area contributed by atoms with Gasteiger partial charge in [-0.2, -0.15) is 0 Å². The van der Waals surface area contributed by atoms with Gasteiger partial charge in [0.05, 0.1) is 10.0 Å². The summed E-state index contributed by atoms with van der Waals surface area (Å²) in [6.45, 7) is 3.87. The molecule has 0 saturated carbocycles. The molecule has 1 N–H and O–H groups in total. The van der Waals surface area contributed by atoms with Crippen LogP contribution in [0.25, 0.3) is 0 Å². The summed E-state index contributed by atoms with van der Waals surface area (Å²) in [6.07, 6.45) is -0.378. The van der Waals surface area contributed by atoms with Gasteiger partial charge in [-0.1, -0.05) is 34.8 Å². The van der Waals surface area contributed by atoms with Gasteiger partial charge >= 0.3 is 0 Å². The predicted molar refractivity (Wildman–Crippen MR) is 76.2 cm³/mol. The van der Waals surface area contributed by atoms with Crippen molar-refractivity contribution in [3.05, 3.63) is 27.2 Å². The maximum atomic E-state index is 11.6. The third-order valence-corrected chi connectivity index (χ3v) is 2.87. The molecule has 0 aliphatic rings. The van der Waals surface area contributed by atoms with Crippen molar-refractivity contribution in [2.45, 2.75) is 20.1 Å². The summed E-state index contributed by atoms with van der Waals surface area (Å²) in [6, 6.07) is 2.98. The van der Waals surface area contributed by atoms with Crippen molar-refractivity contribution in [2.24, 2.45) is 0 Å². The molecule has 0 aromatic heterocycles. The van der Waals surface area contributed by atoms with Crippen LogP contribution in [0.5, 0.6) is 5.75 Å². The molecule has 1 unspecified atom stereocenters. The first-order valence-electron chi connectivity index (χ1n) is 5.62. The molecule has 1 amide bonds. The summed E-state index contributed by atoms with van der Waals surface area (Å²) in [7, 11) is 0. The first-order valence-corrected chi connectivity index (χ1v) is 6.75. The second-order valence-electron chi connectivity index (χ2n) is 3.65. The number of halogens is 3. The van der Waals surface area contributed by atoms with Gasteiger partial charge in [-0.25, -0.2) is 0 Å². The molecule has 7 heteroatoms. The molecule has 0 fully saturated rings. The minimum absolute atomic E-state index is 0.210. The lowest BCUT2D eigenvalue weighted by Gasteiger charge is -2.14. The number of amides is 1. The molecule has 0 heterocycles. The average molecular weight is 327 g/mol. The van der Waals surface area contributed by atoms with Gasteiger partial charge < -0.3 is 14.8 Å². The zero-order valence-electron chi connectivity index (χ0n) is 10.5. The van der Waals surface area contributed by atoms with E-state index >= 15 is 0 Å². The van der Waals surface area contributed by atoms with E-state index in [9.17, 15) is 4.79 Å². The highest BCUT2D eigenvalue weighted by atomic mass is 35.5. The molecular formula is C12H14Cl3NO3. The SMILES string of the molecule is CCOC(C)NC(=O)COc1c(Cl)cc(Cl)cc1Cl. The second-order valence-corrected chi connectivity index (χ2v) is 4.90. The highest BCUT2D eigenvalue weighted by molar-refractivity contribution is 6.40. The van der Waals surface area contributed by atoms with E-state index in [0.717, 1.165) is 0 Å². The van der Waals surface area contributed by atoms with Crippen LogP contribution in [-0.4, -0.2) is 25.3 Å². The molecule has 0 aliphatic heterocycles. The summed E-state index contributed by atoms with van der Waals surface area (Å²) in [5.74, 6) is -0.102. The zero-order chi connectivity index (χ0) is 14.4. The molecule has 1 aromatic rings. The van der Waals surface area contributed by atoms with Crippen molar-refractivity contribution in [3.8, 4) is 5.75 Å². The van der Waals surface area contributed by atoms with Crippen molar-refractivity contribution in [1.29, 1.82) is 0 Å². The lowest BCUT2D eigenvalue weighted by molar-refractivity contribution is -0.126. The Morgan fingerprint density at radius 3 is 2.42 bits per heavy atom. The second kappa shape index (κ2) is 7.80. The van der Waals surface area contributed by atoms with Gasteiger partial charge in [-0.15, -0.1) is 0 Å². The Morgan fingerprint density at radius 2 is 1.89 bits per heavy atom. The number of ether oxygens (including phenoxy) is 2. The van der Waals surface area contributed by atoms with Crippen LogP contribution in [0.4, 0.5) is 0 Å². The van der Waals surface area contributed by atoms with E-state index in [-0.39, 0.29) is 34.5 Å². The van der Waals surface area contributed by atoms with Crippen LogP contribution in [0.1, 0.15) is 13.8 Å². The van der Waals surface area contributed by atoms with Crippen molar-refractivity contribution >= 4 is 40.7 Å². The highest BCUT2D eigenvalue weighted by Crippen LogP contribution is 2.35.